The van der Waals surface area contributed by atoms with Gasteiger partial charge in [0.05, 0.1) is 0 Å². The summed E-state index contributed by atoms with van der Waals surface area (Å²) in [6.07, 6.45) is 0. The fourth-order valence-corrected chi connectivity index (χ4v) is 2.19. The average Bonchev–Trinajstić information content (AvgIpc) is 2.35. The van der Waals surface area contributed by atoms with E-state index in [1.807, 2.05) is 38.1 Å². The van der Waals surface area contributed by atoms with E-state index in [-0.39, 0.29) is 0 Å². The minimum Gasteiger partial charge on any atom is -0.370 e. The third-order valence-corrected chi connectivity index (χ3v) is 3.18. The van der Waals surface area contributed by atoms with Crippen LogP contribution in [0.1, 0.15) is 18.3 Å². The van der Waals surface area contributed by atoms with Gasteiger partial charge in [0.1, 0.15) is 17.5 Å². The van der Waals surface area contributed by atoms with Crippen LogP contribution in [0.5, 0.6) is 0 Å². The van der Waals surface area contributed by atoms with E-state index in [0.29, 0.717) is 0 Å². The molecule has 19 heavy (non-hydrogen) atoms. The van der Waals surface area contributed by atoms with Gasteiger partial charge in [0.15, 0.2) is 0 Å². The van der Waals surface area contributed by atoms with Crippen LogP contribution in [0.2, 0.25) is 0 Å². The highest BCUT2D eigenvalue weighted by Crippen LogP contribution is 2.24. The van der Waals surface area contributed by atoms with Crippen LogP contribution in [-0.2, 0) is 0 Å². The second-order valence-electron chi connectivity index (χ2n) is 4.26. The maximum Gasteiger partial charge on any atom is 0.139 e. The van der Waals surface area contributed by atoms with Crippen LogP contribution < -0.4 is 10.6 Å². The predicted octanol–water partition coefficient (Wildman–Crippen LogP) is 4.03. The average molecular weight is 321 g/mol. The molecule has 1 aromatic heterocycles. The molecular formula is C14H17BrN4. The van der Waals surface area contributed by atoms with Gasteiger partial charge in [-0.05, 0) is 39.0 Å². The molecule has 0 atom stereocenters. The zero-order valence-corrected chi connectivity index (χ0v) is 12.9. The summed E-state index contributed by atoms with van der Waals surface area (Å²) in [7, 11) is 0. The number of aryl methyl sites for hydroxylation is 1. The molecule has 0 aliphatic heterocycles. The van der Waals surface area contributed by atoms with Crippen molar-refractivity contribution in [2.24, 2.45) is 0 Å². The van der Waals surface area contributed by atoms with Gasteiger partial charge < -0.3 is 10.6 Å². The lowest BCUT2D eigenvalue weighted by molar-refractivity contribution is 1.02. The van der Waals surface area contributed by atoms with Crippen LogP contribution in [0.15, 0.2) is 28.7 Å². The van der Waals surface area contributed by atoms with E-state index in [4.69, 9.17) is 0 Å². The molecule has 0 aliphatic carbocycles. The SMILES string of the molecule is CCNc1nc(C)nc(Nc2cccc(Br)c2)c1C. The highest BCUT2D eigenvalue weighted by molar-refractivity contribution is 9.10. The topological polar surface area (TPSA) is 49.8 Å². The summed E-state index contributed by atoms with van der Waals surface area (Å²) in [4.78, 5) is 8.87. The van der Waals surface area contributed by atoms with Gasteiger partial charge in [-0.2, -0.15) is 0 Å². The summed E-state index contributed by atoms with van der Waals surface area (Å²) in [6.45, 7) is 6.80. The summed E-state index contributed by atoms with van der Waals surface area (Å²) in [5, 5.41) is 6.59. The first kappa shape index (κ1) is 13.8. The first-order chi connectivity index (χ1) is 9.10. The summed E-state index contributed by atoms with van der Waals surface area (Å²) >= 11 is 3.46. The summed E-state index contributed by atoms with van der Waals surface area (Å²) in [5.41, 5.74) is 2.02. The van der Waals surface area contributed by atoms with Gasteiger partial charge in [0.25, 0.3) is 0 Å². The van der Waals surface area contributed by atoms with Crippen molar-refractivity contribution in [3.05, 3.63) is 40.1 Å². The third kappa shape index (κ3) is 3.44. The number of benzene rings is 1. The minimum absolute atomic E-state index is 0.749. The molecule has 0 spiro atoms. The van der Waals surface area contributed by atoms with Crippen LogP contribution in [0, 0.1) is 13.8 Å². The second-order valence-corrected chi connectivity index (χ2v) is 5.17. The molecule has 2 rings (SSSR count). The third-order valence-electron chi connectivity index (χ3n) is 2.69. The van der Waals surface area contributed by atoms with Gasteiger partial charge in [-0.15, -0.1) is 0 Å². The number of halogens is 1. The second kappa shape index (κ2) is 6.02. The van der Waals surface area contributed by atoms with Crippen molar-refractivity contribution < 1.29 is 0 Å². The van der Waals surface area contributed by atoms with E-state index in [1.54, 1.807) is 0 Å². The molecule has 0 unspecified atom stereocenters. The normalized spacial score (nSPS) is 10.3. The number of nitrogens with zero attached hydrogens (tertiary/aromatic N) is 2. The smallest absolute Gasteiger partial charge is 0.139 e. The molecule has 2 aromatic rings. The van der Waals surface area contributed by atoms with Crippen LogP contribution in [0.3, 0.4) is 0 Å². The van der Waals surface area contributed by atoms with Crippen LogP contribution in [0.25, 0.3) is 0 Å². The largest absolute Gasteiger partial charge is 0.370 e. The number of hydrogen-bond donors (Lipinski definition) is 2. The molecule has 100 valence electrons. The van der Waals surface area contributed by atoms with Gasteiger partial charge in [-0.3, -0.25) is 0 Å². The maximum absolute atomic E-state index is 4.46. The van der Waals surface area contributed by atoms with E-state index < -0.39 is 0 Å². The monoisotopic (exact) mass is 320 g/mol. The Bertz CT molecular complexity index is 584. The Morgan fingerprint density at radius 2 is 1.89 bits per heavy atom. The number of aromatic nitrogens is 2. The van der Waals surface area contributed by atoms with Gasteiger partial charge in [-0.1, -0.05) is 22.0 Å². The molecule has 0 saturated carbocycles. The van der Waals surface area contributed by atoms with Crippen molar-refractivity contribution >= 4 is 33.3 Å². The van der Waals surface area contributed by atoms with Crippen molar-refractivity contribution in [2.45, 2.75) is 20.8 Å². The van der Waals surface area contributed by atoms with E-state index in [1.165, 1.54) is 0 Å². The minimum atomic E-state index is 0.749. The Hall–Kier alpha value is -1.62. The summed E-state index contributed by atoms with van der Waals surface area (Å²) in [6, 6.07) is 8.01. The maximum atomic E-state index is 4.46. The Morgan fingerprint density at radius 3 is 2.58 bits per heavy atom. The summed E-state index contributed by atoms with van der Waals surface area (Å²) in [5.74, 6) is 2.47. The van der Waals surface area contributed by atoms with Crippen LogP contribution in [0.4, 0.5) is 17.3 Å². The number of anilines is 3. The van der Waals surface area contributed by atoms with Crippen LogP contribution in [-0.4, -0.2) is 16.5 Å². The van der Waals surface area contributed by atoms with Crippen molar-refractivity contribution in [3.63, 3.8) is 0 Å². The lowest BCUT2D eigenvalue weighted by Gasteiger charge is -2.13. The van der Waals surface area contributed by atoms with E-state index in [2.05, 4.69) is 43.5 Å². The van der Waals surface area contributed by atoms with Crippen LogP contribution >= 0.6 is 15.9 Å². The van der Waals surface area contributed by atoms with E-state index in [0.717, 1.165) is 39.7 Å². The van der Waals surface area contributed by atoms with Gasteiger partial charge >= 0.3 is 0 Å². The predicted molar refractivity (Wildman–Crippen MR) is 83.1 cm³/mol. The highest BCUT2D eigenvalue weighted by Gasteiger charge is 2.08. The molecule has 0 aliphatic rings. The fourth-order valence-electron chi connectivity index (χ4n) is 1.79. The van der Waals surface area contributed by atoms with E-state index in [9.17, 15) is 0 Å². The molecule has 0 bridgehead atoms. The molecule has 0 fully saturated rings. The molecule has 4 nitrogen and oxygen atoms in total. The van der Waals surface area contributed by atoms with Gasteiger partial charge in [0.2, 0.25) is 0 Å². The molecule has 0 radical (unpaired) electrons. The molecule has 0 amide bonds. The highest BCUT2D eigenvalue weighted by atomic mass is 79.9. The van der Waals surface area contributed by atoms with Crippen molar-refractivity contribution in [2.75, 3.05) is 17.2 Å². The molecule has 1 aromatic carbocycles. The summed E-state index contributed by atoms with van der Waals surface area (Å²) < 4.78 is 1.04. The zero-order valence-electron chi connectivity index (χ0n) is 11.3. The number of rotatable bonds is 4. The van der Waals surface area contributed by atoms with Crippen molar-refractivity contribution in [1.82, 2.24) is 9.97 Å². The Labute approximate surface area is 121 Å². The Morgan fingerprint density at radius 1 is 1.16 bits per heavy atom. The van der Waals surface area contributed by atoms with Crippen molar-refractivity contribution in [1.29, 1.82) is 0 Å². The van der Waals surface area contributed by atoms with Crippen molar-refractivity contribution in [3.8, 4) is 0 Å². The number of nitrogens with one attached hydrogen (secondary N) is 2. The quantitative estimate of drug-likeness (QED) is 0.892. The lowest BCUT2D eigenvalue weighted by atomic mass is 10.2. The molecule has 5 heteroatoms. The van der Waals surface area contributed by atoms with Gasteiger partial charge in [-0.25, -0.2) is 9.97 Å². The zero-order chi connectivity index (χ0) is 13.8. The van der Waals surface area contributed by atoms with E-state index >= 15 is 0 Å². The molecule has 0 saturated heterocycles. The Kier molecular flexibility index (Phi) is 4.37. The fraction of sp³-hybridized carbons (Fsp3) is 0.286. The lowest BCUT2D eigenvalue weighted by Crippen LogP contribution is -2.07. The van der Waals surface area contributed by atoms with Gasteiger partial charge in [0, 0.05) is 22.3 Å². The first-order valence-corrected chi connectivity index (χ1v) is 7.01. The standard InChI is InChI=1S/C14H17BrN4/c1-4-16-13-9(2)14(18-10(3)17-13)19-12-7-5-6-11(15)8-12/h5-8H,4H2,1-3H3,(H2,16,17,18,19). The Balaban J connectivity index is 2.34. The molecule has 1 heterocycles. The number of hydrogen-bond acceptors (Lipinski definition) is 4. The molecule has 2 N–H and O–H groups in total. The first-order valence-electron chi connectivity index (χ1n) is 6.22. The molecular weight excluding hydrogens is 304 g/mol.